The number of esters is 2. The first-order chi connectivity index (χ1) is 15.9. The van der Waals surface area contributed by atoms with Crippen LogP contribution in [0.15, 0.2) is 48.5 Å². The molecule has 0 aromatic heterocycles. The highest BCUT2D eigenvalue weighted by Crippen LogP contribution is 2.29. The standard InChI is InChI=1S/C27H34N2O4/c1-2-3-19-6-13-24(14-7-19)33-27(31)22-9-4-20(5-10-22)8-15-26(30)32-17-16-21-11-12-23(28)18-25(21)29/h4-5,8-12,15,18-19,24H,2-3,6-7,13-14,16-17,28-29H2,1H3. The predicted octanol–water partition coefficient (Wildman–Crippen LogP) is 5.17. The number of benzene rings is 2. The lowest BCUT2D eigenvalue weighted by atomic mass is 9.85. The van der Waals surface area contributed by atoms with Gasteiger partial charge in [0, 0.05) is 23.9 Å². The van der Waals surface area contributed by atoms with Crippen LogP contribution in [0, 0.1) is 5.92 Å². The zero-order chi connectivity index (χ0) is 23.6. The molecule has 0 heterocycles. The Balaban J connectivity index is 1.41. The molecule has 1 saturated carbocycles. The van der Waals surface area contributed by atoms with Crippen LogP contribution >= 0.6 is 0 Å². The Hall–Kier alpha value is -3.28. The van der Waals surface area contributed by atoms with E-state index in [4.69, 9.17) is 20.9 Å². The van der Waals surface area contributed by atoms with Crippen LogP contribution < -0.4 is 11.5 Å². The molecule has 0 saturated heterocycles. The minimum atomic E-state index is -0.439. The Bertz CT molecular complexity index is 961. The van der Waals surface area contributed by atoms with Crippen LogP contribution in [0.3, 0.4) is 0 Å². The summed E-state index contributed by atoms with van der Waals surface area (Å²) in [5.41, 5.74) is 15.0. The quantitative estimate of drug-likeness (QED) is 0.310. The Morgan fingerprint density at radius 1 is 1.03 bits per heavy atom. The van der Waals surface area contributed by atoms with Crippen molar-refractivity contribution in [2.45, 2.75) is 58.0 Å². The van der Waals surface area contributed by atoms with Crippen LogP contribution in [0.4, 0.5) is 11.4 Å². The van der Waals surface area contributed by atoms with Crippen molar-refractivity contribution in [1.82, 2.24) is 0 Å². The molecule has 4 N–H and O–H groups in total. The summed E-state index contributed by atoms with van der Waals surface area (Å²) in [5.74, 6) is 0.0514. The molecule has 0 atom stereocenters. The first-order valence-electron chi connectivity index (χ1n) is 11.7. The molecule has 0 amide bonds. The number of hydrogen-bond acceptors (Lipinski definition) is 6. The number of ether oxygens (including phenoxy) is 2. The Morgan fingerprint density at radius 3 is 2.42 bits per heavy atom. The molecule has 176 valence electrons. The number of carbonyl (C=O) groups excluding carboxylic acids is 2. The Morgan fingerprint density at radius 2 is 1.76 bits per heavy atom. The molecule has 1 aliphatic carbocycles. The molecule has 0 unspecified atom stereocenters. The molecule has 0 spiro atoms. The van der Waals surface area contributed by atoms with Gasteiger partial charge in [0.2, 0.25) is 0 Å². The van der Waals surface area contributed by atoms with E-state index in [2.05, 4.69) is 6.92 Å². The Kier molecular flexibility index (Phi) is 8.93. The van der Waals surface area contributed by atoms with E-state index in [9.17, 15) is 9.59 Å². The van der Waals surface area contributed by atoms with Crippen LogP contribution in [0.25, 0.3) is 6.08 Å². The van der Waals surface area contributed by atoms with Gasteiger partial charge in [-0.1, -0.05) is 38.0 Å². The summed E-state index contributed by atoms with van der Waals surface area (Å²) in [6.07, 6.45) is 10.2. The molecule has 2 aromatic carbocycles. The molecule has 6 heteroatoms. The normalized spacial score (nSPS) is 18.2. The first-order valence-corrected chi connectivity index (χ1v) is 11.7. The fraction of sp³-hybridized carbons (Fsp3) is 0.407. The van der Waals surface area contributed by atoms with Gasteiger partial charge >= 0.3 is 11.9 Å². The van der Waals surface area contributed by atoms with Gasteiger partial charge in [-0.2, -0.15) is 0 Å². The number of anilines is 2. The topological polar surface area (TPSA) is 105 Å². The lowest BCUT2D eigenvalue weighted by molar-refractivity contribution is -0.137. The highest BCUT2D eigenvalue weighted by Gasteiger charge is 2.23. The zero-order valence-corrected chi connectivity index (χ0v) is 19.3. The van der Waals surface area contributed by atoms with E-state index >= 15 is 0 Å². The van der Waals surface area contributed by atoms with Gasteiger partial charge in [0.25, 0.3) is 0 Å². The van der Waals surface area contributed by atoms with Crippen LogP contribution in [0.2, 0.25) is 0 Å². The third-order valence-corrected chi connectivity index (χ3v) is 6.11. The van der Waals surface area contributed by atoms with E-state index in [1.165, 1.54) is 18.9 Å². The van der Waals surface area contributed by atoms with Crippen molar-refractivity contribution in [3.63, 3.8) is 0 Å². The predicted molar refractivity (Wildman–Crippen MR) is 131 cm³/mol. The minimum absolute atomic E-state index is 0.0172. The van der Waals surface area contributed by atoms with Crippen LogP contribution in [-0.4, -0.2) is 24.6 Å². The summed E-state index contributed by atoms with van der Waals surface area (Å²) in [6, 6.07) is 12.3. The maximum absolute atomic E-state index is 12.4. The van der Waals surface area contributed by atoms with Gasteiger partial charge in [0.1, 0.15) is 6.10 Å². The molecule has 0 aliphatic heterocycles. The number of rotatable bonds is 9. The molecule has 0 radical (unpaired) electrons. The second kappa shape index (κ2) is 12.1. The van der Waals surface area contributed by atoms with Crippen LogP contribution in [-0.2, 0) is 20.7 Å². The lowest BCUT2D eigenvalue weighted by Crippen LogP contribution is -2.24. The van der Waals surface area contributed by atoms with Gasteiger partial charge in [-0.3, -0.25) is 0 Å². The van der Waals surface area contributed by atoms with Crippen molar-refractivity contribution in [2.75, 3.05) is 18.1 Å². The number of nitrogens with two attached hydrogens (primary N) is 2. The van der Waals surface area contributed by atoms with Crippen molar-refractivity contribution in [3.8, 4) is 0 Å². The van der Waals surface area contributed by atoms with Gasteiger partial charge < -0.3 is 20.9 Å². The average Bonchev–Trinajstić information content (AvgIpc) is 2.81. The second-order valence-electron chi connectivity index (χ2n) is 8.67. The third-order valence-electron chi connectivity index (χ3n) is 6.11. The lowest BCUT2D eigenvalue weighted by Gasteiger charge is -2.28. The van der Waals surface area contributed by atoms with Crippen molar-refractivity contribution < 1.29 is 19.1 Å². The summed E-state index contributed by atoms with van der Waals surface area (Å²) in [4.78, 5) is 24.4. The maximum Gasteiger partial charge on any atom is 0.338 e. The fourth-order valence-corrected chi connectivity index (χ4v) is 4.21. The summed E-state index contributed by atoms with van der Waals surface area (Å²) in [6.45, 7) is 2.44. The number of hydrogen-bond donors (Lipinski definition) is 2. The average molecular weight is 451 g/mol. The van der Waals surface area contributed by atoms with Crippen molar-refractivity contribution in [1.29, 1.82) is 0 Å². The largest absolute Gasteiger partial charge is 0.462 e. The highest BCUT2D eigenvalue weighted by atomic mass is 16.5. The Labute approximate surface area is 195 Å². The molecule has 1 fully saturated rings. The summed E-state index contributed by atoms with van der Waals surface area (Å²) in [5, 5.41) is 0. The maximum atomic E-state index is 12.4. The number of nitrogen functional groups attached to an aromatic ring is 2. The van der Waals surface area contributed by atoms with E-state index in [-0.39, 0.29) is 18.7 Å². The van der Waals surface area contributed by atoms with E-state index in [0.29, 0.717) is 23.4 Å². The monoisotopic (exact) mass is 450 g/mol. The second-order valence-corrected chi connectivity index (χ2v) is 8.67. The molecule has 1 aliphatic rings. The smallest absolute Gasteiger partial charge is 0.338 e. The molecular weight excluding hydrogens is 416 g/mol. The fourth-order valence-electron chi connectivity index (χ4n) is 4.21. The molecule has 2 aromatic rings. The summed E-state index contributed by atoms with van der Waals surface area (Å²) in [7, 11) is 0. The summed E-state index contributed by atoms with van der Waals surface area (Å²) >= 11 is 0. The molecule has 0 bridgehead atoms. The van der Waals surface area contributed by atoms with Crippen LogP contribution in [0.5, 0.6) is 0 Å². The van der Waals surface area contributed by atoms with E-state index in [1.54, 1.807) is 42.5 Å². The SMILES string of the molecule is CCCC1CCC(OC(=O)c2ccc(C=CC(=O)OCCc3ccc(N)cc3N)cc2)CC1. The van der Waals surface area contributed by atoms with E-state index < -0.39 is 5.97 Å². The third kappa shape index (κ3) is 7.67. The first kappa shape index (κ1) is 24.4. The molecular formula is C27H34N2O4. The van der Waals surface area contributed by atoms with Crippen molar-refractivity contribution >= 4 is 29.4 Å². The number of carbonyl (C=O) groups is 2. The van der Waals surface area contributed by atoms with E-state index in [1.807, 2.05) is 6.07 Å². The van der Waals surface area contributed by atoms with Crippen LogP contribution in [0.1, 0.15) is 66.9 Å². The minimum Gasteiger partial charge on any atom is -0.462 e. The molecule has 3 rings (SSSR count). The van der Waals surface area contributed by atoms with E-state index in [0.717, 1.165) is 42.7 Å². The van der Waals surface area contributed by atoms with Crippen molar-refractivity contribution in [2.24, 2.45) is 5.92 Å². The zero-order valence-electron chi connectivity index (χ0n) is 19.3. The molecule has 33 heavy (non-hydrogen) atoms. The van der Waals surface area contributed by atoms with Gasteiger partial charge in [-0.05, 0) is 73.1 Å². The van der Waals surface area contributed by atoms with Gasteiger partial charge in [0.05, 0.1) is 12.2 Å². The van der Waals surface area contributed by atoms with Gasteiger partial charge in [0.15, 0.2) is 0 Å². The summed E-state index contributed by atoms with van der Waals surface area (Å²) < 4.78 is 10.9. The highest BCUT2D eigenvalue weighted by molar-refractivity contribution is 5.90. The van der Waals surface area contributed by atoms with Gasteiger partial charge in [-0.25, -0.2) is 9.59 Å². The molecule has 6 nitrogen and oxygen atoms in total. The van der Waals surface area contributed by atoms with Gasteiger partial charge in [-0.15, -0.1) is 0 Å². The van der Waals surface area contributed by atoms with Crippen molar-refractivity contribution in [3.05, 3.63) is 65.2 Å².